The molecule has 0 saturated carbocycles. The third-order valence-electron chi connectivity index (χ3n) is 1.80. The predicted octanol–water partition coefficient (Wildman–Crippen LogP) is 2.17. The molecule has 0 aliphatic heterocycles. The number of thioether (sulfide) groups is 1. The molecular weight excluding hydrogens is 201 g/mol. The standard InChI is InChI=1S/C10H14FNOS/c1-10(11,6-12)7-14-9-4-2-8(13)3-5-9/h2-5,13H,6-7,12H2,1H3. The van der Waals surface area contributed by atoms with E-state index in [4.69, 9.17) is 10.8 Å². The minimum atomic E-state index is -1.33. The Hall–Kier alpha value is -0.740. The van der Waals surface area contributed by atoms with Crippen LogP contribution >= 0.6 is 11.8 Å². The molecule has 0 aromatic heterocycles. The van der Waals surface area contributed by atoms with E-state index < -0.39 is 5.67 Å². The number of alkyl halides is 1. The third kappa shape index (κ3) is 3.55. The van der Waals surface area contributed by atoms with Crippen LogP contribution in [0.15, 0.2) is 29.2 Å². The Kier molecular flexibility index (Phi) is 3.77. The van der Waals surface area contributed by atoms with Crippen molar-refractivity contribution in [2.75, 3.05) is 12.3 Å². The van der Waals surface area contributed by atoms with E-state index >= 15 is 0 Å². The zero-order chi connectivity index (χ0) is 10.6. The quantitative estimate of drug-likeness (QED) is 0.757. The third-order valence-corrected chi connectivity index (χ3v) is 3.15. The van der Waals surface area contributed by atoms with E-state index in [-0.39, 0.29) is 12.3 Å². The first-order valence-corrected chi connectivity index (χ1v) is 5.33. The summed E-state index contributed by atoms with van der Waals surface area (Å²) in [4.78, 5) is 0.931. The van der Waals surface area contributed by atoms with Gasteiger partial charge in [0.1, 0.15) is 11.4 Å². The predicted molar refractivity (Wildman–Crippen MR) is 57.4 cm³/mol. The summed E-state index contributed by atoms with van der Waals surface area (Å²) in [6.45, 7) is 1.51. The van der Waals surface area contributed by atoms with Crippen LogP contribution in [0, 0.1) is 0 Å². The molecule has 0 amide bonds. The summed E-state index contributed by atoms with van der Waals surface area (Å²) in [6.07, 6.45) is 0. The molecule has 0 saturated heterocycles. The van der Waals surface area contributed by atoms with E-state index in [9.17, 15) is 4.39 Å². The lowest BCUT2D eigenvalue weighted by Gasteiger charge is -2.16. The molecule has 0 bridgehead atoms. The number of phenols is 1. The molecule has 1 aromatic carbocycles. The van der Waals surface area contributed by atoms with Crippen LogP contribution in [0.1, 0.15) is 6.92 Å². The zero-order valence-corrected chi connectivity index (χ0v) is 8.85. The van der Waals surface area contributed by atoms with E-state index in [1.165, 1.54) is 18.7 Å². The molecule has 1 atom stereocenters. The lowest BCUT2D eigenvalue weighted by atomic mass is 10.2. The summed E-state index contributed by atoms with van der Waals surface area (Å²) >= 11 is 1.39. The molecule has 4 heteroatoms. The number of hydrogen-bond donors (Lipinski definition) is 2. The summed E-state index contributed by atoms with van der Waals surface area (Å²) < 4.78 is 13.4. The van der Waals surface area contributed by atoms with Gasteiger partial charge < -0.3 is 10.8 Å². The van der Waals surface area contributed by atoms with Gasteiger partial charge in [0.25, 0.3) is 0 Å². The van der Waals surface area contributed by atoms with Crippen molar-refractivity contribution in [1.29, 1.82) is 0 Å². The van der Waals surface area contributed by atoms with Crippen molar-refractivity contribution >= 4 is 11.8 Å². The van der Waals surface area contributed by atoms with Gasteiger partial charge in [-0.2, -0.15) is 0 Å². The Balaban J connectivity index is 2.50. The van der Waals surface area contributed by atoms with Gasteiger partial charge >= 0.3 is 0 Å². The van der Waals surface area contributed by atoms with Gasteiger partial charge in [0.05, 0.1) is 0 Å². The van der Waals surface area contributed by atoms with Crippen LogP contribution < -0.4 is 5.73 Å². The first kappa shape index (κ1) is 11.3. The maximum absolute atomic E-state index is 13.4. The summed E-state index contributed by atoms with van der Waals surface area (Å²) in [5, 5.41) is 9.03. The first-order chi connectivity index (χ1) is 6.53. The molecule has 0 aliphatic carbocycles. The molecular formula is C10H14FNOS. The van der Waals surface area contributed by atoms with E-state index in [2.05, 4.69) is 0 Å². The smallest absolute Gasteiger partial charge is 0.129 e. The maximum Gasteiger partial charge on any atom is 0.129 e. The minimum absolute atomic E-state index is 0.0259. The van der Waals surface area contributed by atoms with Crippen molar-refractivity contribution in [3.63, 3.8) is 0 Å². The monoisotopic (exact) mass is 215 g/mol. The molecule has 0 aliphatic rings. The van der Waals surface area contributed by atoms with Crippen molar-refractivity contribution < 1.29 is 9.50 Å². The molecule has 0 spiro atoms. The number of phenolic OH excluding ortho intramolecular Hbond substituents is 1. The van der Waals surface area contributed by atoms with Crippen LogP contribution in [0.25, 0.3) is 0 Å². The van der Waals surface area contributed by atoms with Gasteiger partial charge in [0, 0.05) is 17.2 Å². The van der Waals surface area contributed by atoms with Gasteiger partial charge in [-0.15, -0.1) is 11.8 Å². The van der Waals surface area contributed by atoms with E-state index in [1.54, 1.807) is 24.3 Å². The van der Waals surface area contributed by atoms with E-state index in [0.717, 1.165) is 4.90 Å². The van der Waals surface area contributed by atoms with E-state index in [1.807, 2.05) is 0 Å². The van der Waals surface area contributed by atoms with Crippen molar-refractivity contribution in [3.8, 4) is 5.75 Å². The molecule has 1 aromatic rings. The molecule has 3 N–H and O–H groups in total. The molecule has 0 heterocycles. The number of aromatic hydroxyl groups is 1. The second-order valence-corrected chi connectivity index (χ2v) is 4.45. The van der Waals surface area contributed by atoms with E-state index in [0.29, 0.717) is 5.75 Å². The lowest BCUT2D eigenvalue weighted by Crippen LogP contribution is -2.31. The summed E-state index contributed by atoms with van der Waals surface area (Å²) in [5.41, 5.74) is 3.94. The van der Waals surface area contributed by atoms with Crippen molar-refractivity contribution in [2.24, 2.45) is 5.73 Å². The fourth-order valence-corrected chi connectivity index (χ4v) is 1.75. The van der Waals surface area contributed by atoms with Gasteiger partial charge in [-0.3, -0.25) is 0 Å². The topological polar surface area (TPSA) is 46.2 Å². The fraction of sp³-hybridized carbons (Fsp3) is 0.400. The molecule has 78 valence electrons. The summed E-state index contributed by atoms with van der Waals surface area (Å²) in [5.74, 6) is 0.546. The molecule has 0 fully saturated rings. The van der Waals surface area contributed by atoms with Crippen LogP contribution in [-0.2, 0) is 0 Å². The minimum Gasteiger partial charge on any atom is -0.508 e. The number of hydrogen-bond acceptors (Lipinski definition) is 3. The van der Waals surface area contributed by atoms with Crippen molar-refractivity contribution in [3.05, 3.63) is 24.3 Å². The normalized spacial score (nSPS) is 15.1. The SMILES string of the molecule is CC(F)(CN)CSc1ccc(O)cc1. The van der Waals surface area contributed by atoms with Gasteiger partial charge in [-0.05, 0) is 31.2 Å². The number of rotatable bonds is 4. The second-order valence-electron chi connectivity index (χ2n) is 3.40. The van der Waals surface area contributed by atoms with Crippen LogP contribution in [-0.4, -0.2) is 23.1 Å². The Labute approximate surface area is 87.3 Å². The van der Waals surface area contributed by atoms with Crippen LogP contribution in [0.3, 0.4) is 0 Å². The highest BCUT2D eigenvalue weighted by molar-refractivity contribution is 7.99. The molecule has 1 rings (SSSR count). The molecule has 0 radical (unpaired) electrons. The lowest BCUT2D eigenvalue weighted by molar-refractivity contribution is 0.234. The van der Waals surface area contributed by atoms with Crippen LogP contribution in [0.5, 0.6) is 5.75 Å². The highest BCUT2D eigenvalue weighted by Gasteiger charge is 2.20. The Morgan fingerprint density at radius 2 is 2.00 bits per heavy atom. The zero-order valence-electron chi connectivity index (χ0n) is 8.03. The number of benzene rings is 1. The number of nitrogens with two attached hydrogens (primary N) is 1. The Morgan fingerprint density at radius 3 is 2.50 bits per heavy atom. The van der Waals surface area contributed by atoms with Crippen LogP contribution in [0.4, 0.5) is 4.39 Å². The molecule has 2 nitrogen and oxygen atoms in total. The van der Waals surface area contributed by atoms with Gasteiger partial charge in [0.2, 0.25) is 0 Å². The largest absolute Gasteiger partial charge is 0.508 e. The Morgan fingerprint density at radius 1 is 1.43 bits per heavy atom. The molecule has 1 unspecified atom stereocenters. The molecule has 14 heavy (non-hydrogen) atoms. The van der Waals surface area contributed by atoms with Crippen molar-refractivity contribution in [2.45, 2.75) is 17.5 Å². The summed E-state index contributed by atoms with van der Waals surface area (Å²) in [6, 6.07) is 6.68. The fourth-order valence-electron chi connectivity index (χ4n) is 0.835. The number of halogens is 1. The average Bonchev–Trinajstić information content (AvgIpc) is 2.17. The van der Waals surface area contributed by atoms with Gasteiger partial charge in [-0.25, -0.2) is 4.39 Å². The van der Waals surface area contributed by atoms with Crippen molar-refractivity contribution in [1.82, 2.24) is 0 Å². The average molecular weight is 215 g/mol. The second kappa shape index (κ2) is 4.66. The highest BCUT2D eigenvalue weighted by Crippen LogP contribution is 2.25. The summed E-state index contributed by atoms with van der Waals surface area (Å²) in [7, 11) is 0. The van der Waals surface area contributed by atoms with Gasteiger partial charge in [-0.1, -0.05) is 0 Å². The van der Waals surface area contributed by atoms with Gasteiger partial charge in [0.15, 0.2) is 0 Å². The first-order valence-electron chi connectivity index (χ1n) is 4.34. The Bertz CT molecular complexity index is 287. The maximum atomic E-state index is 13.4. The van der Waals surface area contributed by atoms with Crippen LogP contribution in [0.2, 0.25) is 0 Å². The highest BCUT2D eigenvalue weighted by atomic mass is 32.2.